The van der Waals surface area contributed by atoms with Crippen LogP contribution in [-0.4, -0.2) is 47.8 Å². The summed E-state index contributed by atoms with van der Waals surface area (Å²) in [5.74, 6) is 0.677. The van der Waals surface area contributed by atoms with E-state index in [9.17, 15) is 4.79 Å². The number of carbonyl (C=O) groups is 1. The Bertz CT molecular complexity index is 1270. The maximum absolute atomic E-state index is 11.5. The lowest BCUT2D eigenvalue weighted by molar-refractivity contribution is -0.118. The Morgan fingerprint density at radius 1 is 1.34 bits per heavy atom. The Hall–Kier alpha value is -4.21. The maximum Gasteiger partial charge on any atom is 0.243 e. The van der Waals surface area contributed by atoms with Crippen LogP contribution in [0.25, 0.3) is 22.3 Å². The van der Waals surface area contributed by atoms with Crippen LogP contribution in [0.3, 0.4) is 0 Å². The molecule has 162 valence electrons. The molecule has 10 heteroatoms. The number of fused-ring (bicyclic) bond motifs is 1. The van der Waals surface area contributed by atoms with Gasteiger partial charge in [-0.25, -0.2) is 0 Å². The number of pyridine rings is 1. The van der Waals surface area contributed by atoms with Gasteiger partial charge in [0.05, 0.1) is 23.0 Å². The van der Waals surface area contributed by atoms with Gasteiger partial charge in [-0.2, -0.15) is 15.1 Å². The van der Waals surface area contributed by atoms with E-state index < -0.39 is 0 Å². The smallest absolute Gasteiger partial charge is 0.243 e. The summed E-state index contributed by atoms with van der Waals surface area (Å²) < 4.78 is 7.97. The molecule has 4 heterocycles. The number of hydrogen-bond donors (Lipinski definition) is 3. The third-order valence-corrected chi connectivity index (χ3v) is 5.31. The minimum absolute atomic E-state index is 0.0669. The number of hydrogen-bond acceptors (Lipinski definition) is 7. The van der Waals surface area contributed by atoms with Crippen LogP contribution in [0.1, 0.15) is 12.8 Å². The van der Waals surface area contributed by atoms with Gasteiger partial charge >= 0.3 is 0 Å². The first kappa shape index (κ1) is 19.7. The summed E-state index contributed by atoms with van der Waals surface area (Å²) in [4.78, 5) is 28.5. The van der Waals surface area contributed by atoms with Crippen LogP contribution in [0.2, 0.25) is 0 Å². The maximum atomic E-state index is 11.5. The normalized spacial score (nSPS) is 17.5. The van der Waals surface area contributed by atoms with Crippen molar-refractivity contribution in [3.8, 4) is 17.1 Å². The summed E-state index contributed by atoms with van der Waals surface area (Å²) in [6.45, 7) is 3.49. The molecule has 1 saturated carbocycles. The quantitative estimate of drug-likeness (QED) is 0.385. The molecule has 4 aromatic rings. The number of aromatic amines is 1. The molecule has 0 aliphatic heterocycles. The second-order valence-electron chi connectivity index (χ2n) is 7.64. The van der Waals surface area contributed by atoms with Gasteiger partial charge in [-0.1, -0.05) is 12.6 Å². The predicted molar refractivity (Wildman–Crippen MR) is 119 cm³/mol. The van der Waals surface area contributed by atoms with Crippen molar-refractivity contribution >= 4 is 28.6 Å². The fraction of sp³-hybridized carbons (Fsp3) is 0.227. The zero-order valence-electron chi connectivity index (χ0n) is 17.4. The van der Waals surface area contributed by atoms with E-state index in [1.165, 1.54) is 6.08 Å². The Morgan fingerprint density at radius 2 is 2.22 bits per heavy atom. The molecule has 0 atom stereocenters. The van der Waals surface area contributed by atoms with Crippen LogP contribution in [0.5, 0.6) is 5.88 Å². The summed E-state index contributed by atoms with van der Waals surface area (Å²) in [5, 5.41) is 11.0. The van der Waals surface area contributed by atoms with Crippen molar-refractivity contribution in [3.05, 3.63) is 55.6 Å². The Balaban J connectivity index is 1.47. The first-order valence-corrected chi connectivity index (χ1v) is 10.2. The molecule has 0 spiro atoms. The molecule has 0 bridgehead atoms. The molecule has 1 fully saturated rings. The van der Waals surface area contributed by atoms with Crippen molar-refractivity contribution in [2.75, 3.05) is 5.32 Å². The zero-order chi connectivity index (χ0) is 22.1. The summed E-state index contributed by atoms with van der Waals surface area (Å²) in [6.07, 6.45) is 9.72. The number of rotatable bonds is 7. The molecular formula is C22H22N8O2. The molecule has 32 heavy (non-hydrogen) atoms. The second-order valence-corrected chi connectivity index (χ2v) is 7.64. The monoisotopic (exact) mass is 430 g/mol. The number of nitrogens with zero attached hydrogens (tertiary/aromatic N) is 5. The fourth-order valence-corrected chi connectivity index (χ4v) is 3.68. The van der Waals surface area contributed by atoms with E-state index in [1.54, 1.807) is 17.1 Å². The lowest BCUT2D eigenvalue weighted by atomic mass is 9.89. The van der Waals surface area contributed by atoms with Crippen LogP contribution < -0.4 is 15.4 Å². The van der Waals surface area contributed by atoms with Gasteiger partial charge in [-0.15, -0.1) is 0 Å². The van der Waals surface area contributed by atoms with E-state index in [2.05, 4.69) is 42.2 Å². The standard InChI is InChI=1S/C22H22N8O2/c1-3-18(31)26-13-8-15(9-13)32-21-19-16(17-6-4-5-7-23-17)11-24-20(19)28-22(29-21)27-14-10-25-30(2)12-14/h3-7,10-13,15H,1,8-9H2,2H3,(H,26,31)(H2,24,27,28,29). The van der Waals surface area contributed by atoms with Crippen molar-refractivity contribution in [1.82, 2.24) is 35.0 Å². The van der Waals surface area contributed by atoms with Crippen LogP contribution in [0.4, 0.5) is 11.6 Å². The number of aryl methyl sites for hydroxylation is 1. The molecule has 0 aromatic carbocycles. The van der Waals surface area contributed by atoms with E-state index in [0.717, 1.165) is 22.3 Å². The molecular weight excluding hydrogens is 408 g/mol. The lowest BCUT2D eigenvalue weighted by Gasteiger charge is -2.35. The molecule has 1 amide bonds. The van der Waals surface area contributed by atoms with E-state index in [-0.39, 0.29) is 18.1 Å². The average molecular weight is 430 g/mol. The van der Waals surface area contributed by atoms with Crippen molar-refractivity contribution < 1.29 is 9.53 Å². The number of nitrogens with one attached hydrogen (secondary N) is 3. The van der Waals surface area contributed by atoms with Crippen molar-refractivity contribution in [1.29, 1.82) is 0 Å². The van der Waals surface area contributed by atoms with Crippen molar-refractivity contribution in [2.45, 2.75) is 25.0 Å². The van der Waals surface area contributed by atoms with Gasteiger partial charge in [-0.05, 0) is 18.2 Å². The third-order valence-electron chi connectivity index (χ3n) is 5.31. The minimum Gasteiger partial charge on any atom is -0.474 e. The first-order chi connectivity index (χ1) is 15.6. The predicted octanol–water partition coefficient (Wildman–Crippen LogP) is 2.71. The molecule has 0 unspecified atom stereocenters. The van der Waals surface area contributed by atoms with Gasteiger partial charge in [0.2, 0.25) is 17.7 Å². The molecule has 1 aliphatic carbocycles. The number of ether oxygens (including phenoxy) is 1. The van der Waals surface area contributed by atoms with Gasteiger partial charge in [0.25, 0.3) is 0 Å². The second kappa shape index (κ2) is 8.14. The largest absolute Gasteiger partial charge is 0.474 e. The fourth-order valence-electron chi connectivity index (χ4n) is 3.68. The molecule has 1 aliphatic rings. The lowest BCUT2D eigenvalue weighted by Crippen LogP contribution is -2.48. The van der Waals surface area contributed by atoms with Gasteiger partial charge in [0.1, 0.15) is 11.8 Å². The summed E-state index contributed by atoms with van der Waals surface area (Å²) in [6, 6.07) is 5.80. The van der Waals surface area contributed by atoms with Crippen LogP contribution in [0.15, 0.2) is 55.6 Å². The highest BCUT2D eigenvalue weighted by molar-refractivity contribution is 5.97. The van der Waals surface area contributed by atoms with Gasteiger partial charge < -0.3 is 20.4 Å². The molecule has 3 N–H and O–H groups in total. The topological polar surface area (TPSA) is 123 Å². The zero-order valence-corrected chi connectivity index (χ0v) is 17.4. The van der Waals surface area contributed by atoms with E-state index in [4.69, 9.17) is 4.74 Å². The van der Waals surface area contributed by atoms with Crippen LogP contribution in [-0.2, 0) is 11.8 Å². The molecule has 0 saturated heterocycles. The molecule has 5 rings (SSSR count). The number of carbonyl (C=O) groups excluding carboxylic acids is 1. The van der Waals surface area contributed by atoms with Crippen molar-refractivity contribution in [3.63, 3.8) is 0 Å². The highest BCUT2D eigenvalue weighted by atomic mass is 16.5. The number of H-pyrrole nitrogens is 1. The van der Waals surface area contributed by atoms with Crippen molar-refractivity contribution in [2.24, 2.45) is 7.05 Å². The summed E-state index contributed by atoms with van der Waals surface area (Å²) in [7, 11) is 1.84. The van der Waals surface area contributed by atoms with Gasteiger partial charge in [0.15, 0.2) is 0 Å². The van der Waals surface area contributed by atoms with Crippen LogP contribution >= 0.6 is 0 Å². The van der Waals surface area contributed by atoms with Gasteiger partial charge in [-0.3, -0.25) is 14.5 Å². The number of aromatic nitrogens is 6. The highest BCUT2D eigenvalue weighted by Crippen LogP contribution is 2.36. The van der Waals surface area contributed by atoms with Gasteiger partial charge in [0, 0.05) is 50.1 Å². The highest BCUT2D eigenvalue weighted by Gasteiger charge is 2.33. The summed E-state index contributed by atoms with van der Waals surface area (Å²) in [5.41, 5.74) is 3.06. The third kappa shape index (κ3) is 3.89. The Labute approximate surface area is 183 Å². The van der Waals surface area contributed by atoms with E-state index >= 15 is 0 Å². The SMILES string of the molecule is C=CC(=O)NC1CC(Oc2nc(Nc3cnn(C)c3)nc3[nH]cc(-c4ccccn4)c23)C1. The molecule has 0 radical (unpaired) electrons. The van der Waals surface area contributed by atoms with E-state index in [1.807, 2.05) is 37.6 Å². The Kier molecular flexibility index (Phi) is 5.02. The first-order valence-electron chi connectivity index (χ1n) is 10.2. The summed E-state index contributed by atoms with van der Waals surface area (Å²) >= 11 is 0. The van der Waals surface area contributed by atoms with E-state index in [0.29, 0.717) is 30.3 Å². The van der Waals surface area contributed by atoms with Crippen LogP contribution in [0, 0.1) is 0 Å². The molecule has 10 nitrogen and oxygen atoms in total. The molecule has 4 aromatic heterocycles. The number of amides is 1. The number of anilines is 2. The Morgan fingerprint density at radius 3 is 2.94 bits per heavy atom. The average Bonchev–Trinajstić information content (AvgIpc) is 3.38. The minimum atomic E-state index is -0.177.